The molecule has 0 atom stereocenters. The number of hydrogen-bond donors (Lipinski definition) is 4. The van der Waals surface area contributed by atoms with Gasteiger partial charge in [-0.1, -0.05) is 0 Å². The lowest BCUT2D eigenvalue weighted by Crippen LogP contribution is -1.85. The van der Waals surface area contributed by atoms with Crippen LogP contribution in [0.25, 0.3) is 0 Å². The smallest absolute Gasteiger partial charge is 0.394 e. The molecule has 0 radical (unpaired) electrons. The Morgan fingerprint density at radius 2 is 1.64 bits per heavy atom. The summed E-state index contributed by atoms with van der Waals surface area (Å²) in [6.07, 6.45) is 0. The van der Waals surface area contributed by atoms with E-state index in [0.717, 1.165) is 0 Å². The van der Waals surface area contributed by atoms with Gasteiger partial charge in [0.1, 0.15) is 0 Å². The second kappa shape index (κ2) is 8.13. The predicted molar refractivity (Wildman–Crippen MR) is 37.8 cm³/mol. The predicted octanol–water partition coefficient (Wildman–Crippen LogP) is -0.913. The number of phosphoric acid groups is 1. The Morgan fingerprint density at radius 1 is 1.27 bits per heavy atom. The first-order valence-corrected chi connectivity index (χ1v) is 4.42. The molecule has 7 heteroatoms. The van der Waals surface area contributed by atoms with Crippen LogP contribution in [0.5, 0.6) is 0 Å². The van der Waals surface area contributed by atoms with Crippen molar-refractivity contribution in [2.75, 3.05) is 19.8 Å². The summed E-state index contributed by atoms with van der Waals surface area (Å²) in [5.41, 5.74) is 0. The molecule has 0 saturated heterocycles. The van der Waals surface area contributed by atoms with Gasteiger partial charge in [-0.25, -0.2) is 4.57 Å². The lowest BCUT2D eigenvalue weighted by Gasteiger charge is -1.98. The molecular weight excluding hydrogens is 175 g/mol. The van der Waals surface area contributed by atoms with Crippen molar-refractivity contribution < 1.29 is 29.1 Å². The van der Waals surface area contributed by atoms with Crippen LogP contribution in [0, 0.1) is 0 Å². The number of hydrogen-bond acceptors (Lipinski definition) is 4. The van der Waals surface area contributed by atoms with E-state index in [0.29, 0.717) is 0 Å². The van der Waals surface area contributed by atoms with Crippen molar-refractivity contribution in [3.63, 3.8) is 0 Å². The molecule has 0 rings (SSSR count). The van der Waals surface area contributed by atoms with Crippen LogP contribution in [0.15, 0.2) is 0 Å². The molecule has 0 saturated carbocycles. The van der Waals surface area contributed by atoms with Gasteiger partial charge in [0.05, 0.1) is 19.8 Å². The number of aliphatic hydroxyl groups excluding tert-OH is 2. The van der Waals surface area contributed by atoms with Gasteiger partial charge in [-0.3, -0.25) is 4.52 Å². The lowest BCUT2D eigenvalue weighted by atomic mass is 10.8. The average molecular weight is 188 g/mol. The fourth-order valence-corrected chi connectivity index (χ4v) is 0.505. The molecule has 0 aliphatic heterocycles. The zero-order valence-electron chi connectivity index (χ0n) is 6.17. The van der Waals surface area contributed by atoms with Crippen LogP contribution in [-0.2, 0) is 9.09 Å². The summed E-state index contributed by atoms with van der Waals surface area (Å²) in [7, 11) is -4.17. The summed E-state index contributed by atoms with van der Waals surface area (Å²) in [6.45, 7) is 1.31. The van der Waals surface area contributed by atoms with Crippen molar-refractivity contribution >= 4 is 7.82 Å². The number of aliphatic hydroxyl groups is 2. The van der Waals surface area contributed by atoms with Gasteiger partial charge < -0.3 is 20.0 Å². The average Bonchev–Trinajstić information content (AvgIpc) is 1.86. The van der Waals surface area contributed by atoms with Crippen molar-refractivity contribution in [2.24, 2.45) is 0 Å². The van der Waals surface area contributed by atoms with Crippen LogP contribution >= 0.6 is 7.82 Å². The van der Waals surface area contributed by atoms with Gasteiger partial charge in [0.2, 0.25) is 0 Å². The summed E-state index contributed by atoms with van der Waals surface area (Å²) in [4.78, 5) is 15.8. The maximum Gasteiger partial charge on any atom is 0.469 e. The Kier molecular flexibility index (Phi) is 10.1. The third kappa shape index (κ3) is 25.6. The molecule has 0 amide bonds. The fraction of sp³-hybridized carbons (Fsp3) is 1.00. The van der Waals surface area contributed by atoms with Crippen LogP contribution in [0.3, 0.4) is 0 Å². The zero-order valence-corrected chi connectivity index (χ0v) is 7.07. The van der Waals surface area contributed by atoms with Gasteiger partial charge >= 0.3 is 7.82 Å². The van der Waals surface area contributed by atoms with Crippen LogP contribution in [0.4, 0.5) is 0 Å². The standard InChI is InChI=1S/C2H7O4P.C2H6O2/c1-2-6-7(3,4)5;3-1-2-4/h2H2,1H3,(H2,3,4,5);3-4H,1-2H2. The lowest BCUT2D eigenvalue weighted by molar-refractivity contribution is 0.186. The van der Waals surface area contributed by atoms with E-state index in [1.54, 1.807) is 0 Å². The molecule has 4 N–H and O–H groups in total. The minimum atomic E-state index is -4.17. The van der Waals surface area contributed by atoms with E-state index in [9.17, 15) is 4.57 Å². The monoisotopic (exact) mass is 188 g/mol. The Labute approximate surface area is 64.7 Å². The third-order valence-electron chi connectivity index (χ3n) is 0.397. The summed E-state index contributed by atoms with van der Waals surface area (Å²) in [5.74, 6) is 0. The van der Waals surface area contributed by atoms with E-state index in [-0.39, 0.29) is 19.8 Å². The summed E-state index contributed by atoms with van der Waals surface area (Å²) < 4.78 is 13.6. The van der Waals surface area contributed by atoms with E-state index in [1.165, 1.54) is 6.92 Å². The van der Waals surface area contributed by atoms with Crippen molar-refractivity contribution in [3.8, 4) is 0 Å². The Hall–Kier alpha value is 0.0300. The van der Waals surface area contributed by atoms with E-state index in [4.69, 9.17) is 20.0 Å². The SMILES string of the molecule is CCOP(=O)(O)O.OCCO. The maximum atomic E-state index is 9.70. The van der Waals surface area contributed by atoms with E-state index >= 15 is 0 Å². The van der Waals surface area contributed by atoms with Gasteiger partial charge in [-0.15, -0.1) is 0 Å². The first-order chi connectivity index (χ1) is 4.97. The van der Waals surface area contributed by atoms with Crippen LogP contribution in [0.1, 0.15) is 6.92 Å². The molecule has 0 aromatic heterocycles. The second-order valence-electron chi connectivity index (χ2n) is 1.36. The topological polar surface area (TPSA) is 107 Å². The van der Waals surface area contributed by atoms with Gasteiger partial charge in [0, 0.05) is 0 Å². The largest absolute Gasteiger partial charge is 0.469 e. The third-order valence-corrected chi connectivity index (χ3v) is 0.992. The fourth-order valence-electron chi connectivity index (χ4n) is 0.168. The molecule has 0 aromatic rings. The van der Waals surface area contributed by atoms with Gasteiger partial charge in [-0.2, -0.15) is 0 Å². The molecule has 0 bridgehead atoms. The molecule has 0 aromatic carbocycles. The molecule has 0 spiro atoms. The highest BCUT2D eigenvalue weighted by Crippen LogP contribution is 2.34. The van der Waals surface area contributed by atoms with E-state index < -0.39 is 7.82 Å². The molecule has 0 fully saturated rings. The normalized spacial score (nSPS) is 10.3. The van der Waals surface area contributed by atoms with Gasteiger partial charge in [-0.05, 0) is 6.92 Å². The molecule has 0 heterocycles. The van der Waals surface area contributed by atoms with Crippen molar-refractivity contribution in [2.45, 2.75) is 6.92 Å². The Balaban J connectivity index is 0. The minimum Gasteiger partial charge on any atom is -0.394 e. The molecule has 0 aliphatic rings. The van der Waals surface area contributed by atoms with E-state index in [2.05, 4.69) is 4.52 Å². The van der Waals surface area contributed by atoms with Crippen LogP contribution in [-0.4, -0.2) is 39.8 Å². The summed E-state index contributed by atoms with van der Waals surface area (Å²) in [6, 6.07) is 0. The number of phosphoric ester groups is 1. The van der Waals surface area contributed by atoms with Crippen molar-refractivity contribution in [1.82, 2.24) is 0 Å². The second-order valence-corrected chi connectivity index (χ2v) is 2.59. The van der Waals surface area contributed by atoms with E-state index in [1.807, 2.05) is 0 Å². The summed E-state index contributed by atoms with van der Waals surface area (Å²) in [5, 5.41) is 15.2. The van der Waals surface area contributed by atoms with Gasteiger partial charge in [0.15, 0.2) is 0 Å². The Bertz CT molecular complexity index is 107. The van der Waals surface area contributed by atoms with Crippen molar-refractivity contribution in [3.05, 3.63) is 0 Å². The van der Waals surface area contributed by atoms with Crippen molar-refractivity contribution in [1.29, 1.82) is 0 Å². The first kappa shape index (κ1) is 13.6. The van der Waals surface area contributed by atoms with Crippen LogP contribution < -0.4 is 0 Å². The highest BCUT2D eigenvalue weighted by Gasteiger charge is 2.10. The molecule has 0 unspecified atom stereocenters. The van der Waals surface area contributed by atoms with Gasteiger partial charge in [0.25, 0.3) is 0 Å². The Morgan fingerprint density at radius 3 is 1.64 bits per heavy atom. The molecule has 6 nitrogen and oxygen atoms in total. The first-order valence-electron chi connectivity index (χ1n) is 2.89. The number of rotatable bonds is 3. The molecular formula is C4H13O6P. The van der Waals surface area contributed by atoms with Crippen LogP contribution in [0.2, 0.25) is 0 Å². The molecule has 0 aliphatic carbocycles. The molecule has 70 valence electrons. The maximum absolute atomic E-state index is 9.70. The summed E-state index contributed by atoms with van der Waals surface area (Å²) >= 11 is 0. The zero-order chi connectivity index (χ0) is 9.33. The quantitative estimate of drug-likeness (QED) is 0.427. The highest BCUT2D eigenvalue weighted by molar-refractivity contribution is 7.46. The highest BCUT2D eigenvalue weighted by atomic mass is 31.2. The minimum absolute atomic E-state index is 0.0459. The molecule has 11 heavy (non-hydrogen) atoms.